The van der Waals surface area contributed by atoms with Crippen molar-refractivity contribution in [3.8, 4) is 0 Å². The molecule has 3 rings (SSSR count). The van der Waals surface area contributed by atoms with Gasteiger partial charge in [-0.05, 0) is 37.8 Å². The Labute approximate surface area is 103 Å². The van der Waals surface area contributed by atoms with Crippen molar-refractivity contribution in [2.75, 3.05) is 19.6 Å². The Morgan fingerprint density at radius 1 is 1.41 bits per heavy atom. The van der Waals surface area contributed by atoms with Gasteiger partial charge in [-0.25, -0.2) is 0 Å². The van der Waals surface area contributed by atoms with Crippen LogP contribution < -0.4 is 5.32 Å². The van der Waals surface area contributed by atoms with Gasteiger partial charge in [-0.3, -0.25) is 9.88 Å². The lowest BCUT2D eigenvalue weighted by atomic mass is 10.1. The second-order valence-electron chi connectivity index (χ2n) is 5.32. The maximum atomic E-state index is 4.48. The lowest BCUT2D eigenvalue weighted by Gasteiger charge is -2.37. The largest absolute Gasteiger partial charge is 0.311 e. The predicted octanol–water partition coefficient (Wildman–Crippen LogP) is 1.83. The summed E-state index contributed by atoms with van der Waals surface area (Å²) in [5, 5.41) is 3.66. The molecule has 1 aliphatic carbocycles. The summed E-state index contributed by atoms with van der Waals surface area (Å²) in [5.41, 5.74) is 1.20. The van der Waals surface area contributed by atoms with Crippen molar-refractivity contribution in [1.82, 2.24) is 15.2 Å². The Bertz CT molecular complexity index is 361. The van der Waals surface area contributed by atoms with Crippen molar-refractivity contribution in [3.63, 3.8) is 0 Å². The fourth-order valence-corrected chi connectivity index (χ4v) is 2.78. The van der Waals surface area contributed by atoms with Crippen molar-refractivity contribution >= 4 is 0 Å². The van der Waals surface area contributed by atoms with E-state index in [-0.39, 0.29) is 0 Å². The standard InChI is InChI=1S/C14H21N3/c1-11(13-4-2-3-7-15-13)17-9-8-16-14(10-17)12-5-6-12/h2-4,7,11-12,14,16H,5-6,8-10H2,1H3. The van der Waals surface area contributed by atoms with Crippen LogP contribution in [0.2, 0.25) is 0 Å². The number of aromatic nitrogens is 1. The third-order valence-electron chi connectivity index (χ3n) is 4.09. The molecule has 3 heteroatoms. The zero-order chi connectivity index (χ0) is 11.7. The number of piperazine rings is 1. The van der Waals surface area contributed by atoms with Crippen LogP contribution in [-0.2, 0) is 0 Å². The monoisotopic (exact) mass is 231 g/mol. The van der Waals surface area contributed by atoms with Gasteiger partial charge in [0.05, 0.1) is 5.69 Å². The van der Waals surface area contributed by atoms with E-state index in [1.165, 1.54) is 25.1 Å². The minimum atomic E-state index is 0.444. The van der Waals surface area contributed by atoms with Crippen LogP contribution in [0.15, 0.2) is 24.4 Å². The second kappa shape index (κ2) is 4.75. The summed E-state index contributed by atoms with van der Waals surface area (Å²) in [4.78, 5) is 7.05. The summed E-state index contributed by atoms with van der Waals surface area (Å²) >= 11 is 0. The van der Waals surface area contributed by atoms with Crippen LogP contribution in [-0.4, -0.2) is 35.6 Å². The summed E-state index contributed by atoms with van der Waals surface area (Å²) in [6.07, 6.45) is 4.74. The normalized spacial score (nSPS) is 27.9. The molecule has 2 heterocycles. The van der Waals surface area contributed by atoms with Crippen LogP contribution in [0, 0.1) is 5.92 Å². The van der Waals surface area contributed by atoms with Crippen molar-refractivity contribution < 1.29 is 0 Å². The summed E-state index contributed by atoms with van der Waals surface area (Å²) in [7, 11) is 0. The summed E-state index contributed by atoms with van der Waals surface area (Å²) in [6, 6.07) is 7.37. The molecule has 1 N–H and O–H groups in total. The van der Waals surface area contributed by atoms with Crippen molar-refractivity contribution in [1.29, 1.82) is 0 Å². The Hall–Kier alpha value is -0.930. The summed E-state index contributed by atoms with van der Waals surface area (Å²) < 4.78 is 0. The first-order valence-electron chi connectivity index (χ1n) is 6.73. The molecule has 1 aromatic rings. The summed E-state index contributed by atoms with van der Waals surface area (Å²) in [5.74, 6) is 0.939. The highest BCUT2D eigenvalue weighted by Crippen LogP contribution is 2.34. The van der Waals surface area contributed by atoms with E-state index >= 15 is 0 Å². The number of hydrogen-bond donors (Lipinski definition) is 1. The molecule has 2 aliphatic rings. The average Bonchev–Trinajstić information content (AvgIpc) is 3.23. The smallest absolute Gasteiger partial charge is 0.0572 e. The lowest BCUT2D eigenvalue weighted by molar-refractivity contribution is 0.142. The van der Waals surface area contributed by atoms with Gasteiger partial charge in [0, 0.05) is 37.9 Å². The Kier molecular flexibility index (Phi) is 3.12. The molecule has 1 saturated carbocycles. The minimum Gasteiger partial charge on any atom is -0.311 e. The zero-order valence-electron chi connectivity index (χ0n) is 10.5. The molecular weight excluding hydrogens is 210 g/mol. The van der Waals surface area contributed by atoms with Gasteiger partial charge in [0.2, 0.25) is 0 Å². The van der Waals surface area contributed by atoms with Gasteiger partial charge in [-0.15, -0.1) is 0 Å². The highest BCUT2D eigenvalue weighted by molar-refractivity contribution is 5.08. The molecule has 2 fully saturated rings. The molecule has 0 spiro atoms. The fourth-order valence-electron chi connectivity index (χ4n) is 2.78. The van der Waals surface area contributed by atoms with Gasteiger partial charge in [0.1, 0.15) is 0 Å². The Morgan fingerprint density at radius 3 is 3.00 bits per heavy atom. The van der Waals surface area contributed by atoms with Crippen molar-refractivity contribution in [2.24, 2.45) is 5.92 Å². The third kappa shape index (κ3) is 2.50. The zero-order valence-corrected chi connectivity index (χ0v) is 10.5. The van der Waals surface area contributed by atoms with Gasteiger partial charge < -0.3 is 5.32 Å². The molecule has 0 radical (unpaired) electrons. The lowest BCUT2D eigenvalue weighted by Crippen LogP contribution is -2.52. The van der Waals surface area contributed by atoms with Crippen LogP contribution in [0.3, 0.4) is 0 Å². The first-order valence-corrected chi connectivity index (χ1v) is 6.73. The number of pyridine rings is 1. The molecule has 1 aliphatic heterocycles. The SMILES string of the molecule is CC(c1ccccn1)N1CCNC(C2CC2)C1. The van der Waals surface area contributed by atoms with Crippen LogP contribution in [0.25, 0.3) is 0 Å². The summed E-state index contributed by atoms with van der Waals surface area (Å²) in [6.45, 7) is 5.72. The number of nitrogens with zero attached hydrogens (tertiary/aromatic N) is 2. The van der Waals surface area contributed by atoms with Gasteiger partial charge in [-0.1, -0.05) is 6.07 Å². The topological polar surface area (TPSA) is 28.2 Å². The quantitative estimate of drug-likeness (QED) is 0.860. The van der Waals surface area contributed by atoms with E-state index in [4.69, 9.17) is 0 Å². The number of nitrogens with one attached hydrogen (secondary N) is 1. The molecule has 3 nitrogen and oxygen atoms in total. The van der Waals surface area contributed by atoms with E-state index in [1.807, 2.05) is 12.3 Å². The second-order valence-corrected chi connectivity index (χ2v) is 5.32. The fraction of sp³-hybridized carbons (Fsp3) is 0.643. The van der Waals surface area contributed by atoms with Crippen LogP contribution >= 0.6 is 0 Å². The van der Waals surface area contributed by atoms with E-state index in [0.29, 0.717) is 6.04 Å². The van der Waals surface area contributed by atoms with Gasteiger partial charge in [0.25, 0.3) is 0 Å². The molecule has 92 valence electrons. The molecule has 0 bridgehead atoms. The maximum absolute atomic E-state index is 4.48. The minimum absolute atomic E-state index is 0.444. The predicted molar refractivity (Wildman–Crippen MR) is 68.7 cm³/mol. The van der Waals surface area contributed by atoms with Crippen LogP contribution in [0.4, 0.5) is 0 Å². The van der Waals surface area contributed by atoms with Crippen molar-refractivity contribution in [3.05, 3.63) is 30.1 Å². The molecule has 1 saturated heterocycles. The highest BCUT2D eigenvalue weighted by Gasteiger charge is 2.35. The van der Waals surface area contributed by atoms with E-state index in [0.717, 1.165) is 25.0 Å². The van der Waals surface area contributed by atoms with E-state index < -0.39 is 0 Å². The van der Waals surface area contributed by atoms with Crippen LogP contribution in [0.5, 0.6) is 0 Å². The third-order valence-corrected chi connectivity index (χ3v) is 4.09. The molecule has 2 unspecified atom stereocenters. The van der Waals surface area contributed by atoms with Gasteiger partial charge >= 0.3 is 0 Å². The number of rotatable bonds is 3. The average molecular weight is 231 g/mol. The molecule has 1 aromatic heterocycles. The highest BCUT2D eigenvalue weighted by atomic mass is 15.2. The Balaban J connectivity index is 1.66. The van der Waals surface area contributed by atoms with E-state index in [1.54, 1.807) is 0 Å². The molecule has 0 aromatic carbocycles. The molecule has 0 amide bonds. The molecular formula is C14H21N3. The first-order chi connectivity index (χ1) is 8.34. The first kappa shape index (κ1) is 11.2. The maximum Gasteiger partial charge on any atom is 0.0572 e. The van der Waals surface area contributed by atoms with Gasteiger partial charge in [-0.2, -0.15) is 0 Å². The van der Waals surface area contributed by atoms with Gasteiger partial charge in [0.15, 0.2) is 0 Å². The molecule has 17 heavy (non-hydrogen) atoms. The Morgan fingerprint density at radius 2 is 2.29 bits per heavy atom. The number of hydrogen-bond acceptors (Lipinski definition) is 3. The molecule has 2 atom stereocenters. The van der Waals surface area contributed by atoms with E-state index in [2.05, 4.69) is 34.3 Å². The van der Waals surface area contributed by atoms with Crippen molar-refractivity contribution in [2.45, 2.75) is 31.8 Å². The van der Waals surface area contributed by atoms with Crippen LogP contribution in [0.1, 0.15) is 31.5 Å². The van der Waals surface area contributed by atoms with E-state index in [9.17, 15) is 0 Å².